The molecule has 1 saturated heterocycles. The fraction of sp³-hybridized carbons (Fsp3) is 0.409. The third-order valence-corrected chi connectivity index (χ3v) is 8.59. The molecule has 33 heavy (non-hydrogen) atoms. The van der Waals surface area contributed by atoms with E-state index >= 15 is 0 Å². The number of anilines is 1. The summed E-state index contributed by atoms with van der Waals surface area (Å²) < 4.78 is 38.6. The second kappa shape index (κ2) is 9.62. The van der Waals surface area contributed by atoms with Gasteiger partial charge < -0.3 is 14.6 Å². The highest BCUT2D eigenvalue weighted by Crippen LogP contribution is 2.35. The van der Waals surface area contributed by atoms with Gasteiger partial charge in [0.1, 0.15) is 5.75 Å². The van der Waals surface area contributed by atoms with Crippen LogP contribution in [-0.4, -0.2) is 48.5 Å². The maximum Gasteiger partial charge on any atom is 0.244 e. The van der Waals surface area contributed by atoms with E-state index < -0.39 is 15.9 Å². The predicted octanol–water partition coefficient (Wildman–Crippen LogP) is 3.85. The Morgan fingerprint density at radius 2 is 2.06 bits per heavy atom. The minimum absolute atomic E-state index is 0.136. The molecule has 1 atom stereocenters. The quantitative estimate of drug-likeness (QED) is 0.535. The van der Waals surface area contributed by atoms with Crippen LogP contribution in [0.15, 0.2) is 39.8 Å². The van der Waals surface area contributed by atoms with Crippen LogP contribution in [0, 0.1) is 19.8 Å². The molecule has 3 aromatic rings. The minimum atomic E-state index is -3.76. The molecule has 0 bridgehead atoms. The molecule has 176 valence electrons. The van der Waals surface area contributed by atoms with Gasteiger partial charge >= 0.3 is 0 Å². The monoisotopic (exact) mass is 490 g/mol. The van der Waals surface area contributed by atoms with Crippen LogP contribution in [0.25, 0.3) is 10.7 Å². The van der Waals surface area contributed by atoms with Gasteiger partial charge in [-0.25, -0.2) is 8.42 Å². The summed E-state index contributed by atoms with van der Waals surface area (Å²) in [5.41, 5.74) is 0.650. The standard InChI is InChI=1S/C22H26N4O5S2/c1-4-30-18-9-7-17(8-10-18)24-22(27)16-6-5-11-26(13-16)33(28,29)20-12-19(32-14(20)2)21-23-15(3)31-25-21/h7-10,12,16H,4-6,11,13H2,1-3H3,(H,24,27)/t16-/m1/s1. The SMILES string of the molecule is CCOc1ccc(NC(=O)[C@@H]2CCCN(S(=O)(=O)c3cc(-c4noc(C)n4)sc3C)C2)cc1. The maximum atomic E-state index is 13.4. The number of nitrogens with one attached hydrogen (secondary N) is 1. The Morgan fingerprint density at radius 1 is 1.30 bits per heavy atom. The number of piperidine rings is 1. The van der Waals surface area contributed by atoms with Crippen LogP contribution < -0.4 is 10.1 Å². The molecule has 1 fully saturated rings. The Bertz CT molecular complexity index is 1230. The molecule has 1 amide bonds. The van der Waals surface area contributed by atoms with Crippen molar-refractivity contribution in [3.05, 3.63) is 41.1 Å². The molecular weight excluding hydrogens is 464 g/mol. The van der Waals surface area contributed by atoms with Crippen LogP contribution in [0.3, 0.4) is 0 Å². The van der Waals surface area contributed by atoms with E-state index in [0.29, 0.717) is 53.2 Å². The molecule has 0 spiro atoms. The zero-order valence-corrected chi connectivity index (χ0v) is 20.3. The topological polar surface area (TPSA) is 115 Å². The highest BCUT2D eigenvalue weighted by atomic mass is 32.2. The number of carbonyl (C=O) groups is 1. The van der Waals surface area contributed by atoms with E-state index in [4.69, 9.17) is 9.26 Å². The third kappa shape index (κ3) is 5.10. The number of sulfonamides is 1. The summed E-state index contributed by atoms with van der Waals surface area (Å²) in [4.78, 5) is 18.5. The average Bonchev–Trinajstić information content (AvgIpc) is 3.41. The first-order chi connectivity index (χ1) is 15.8. The van der Waals surface area contributed by atoms with Crippen molar-refractivity contribution < 1.29 is 22.5 Å². The zero-order valence-electron chi connectivity index (χ0n) is 18.7. The smallest absolute Gasteiger partial charge is 0.244 e. The number of thiophene rings is 1. The van der Waals surface area contributed by atoms with Gasteiger partial charge in [0.15, 0.2) is 0 Å². The van der Waals surface area contributed by atoms with Gasteiger partial charge in [-0.05, 0) is 57.0 Å². The fourth-order valence-electron chi connectivity index (χ4n) is 3.79. The Labute approximate surface area is 196 Å². The Hall–Kier alpha value is -2.76. The van der Waals surface area contributed by atoms with E-state index in [9.17, 15) is 13.2 Å². The molecular formula is C22H26N4O5S2. The van der Waals surface area contributed by atoms with Gasteiger partial charge in [0.2, 0.25) is 27.6 Å². The molecule has 0 saturated carbocycles. The molecule has 0 unspecified atom stereocenters. The van der Waals surface area contributed by atoms with Gasteiger partial charge in [0, 0.05) is 30.6 Å². The summed E-state index contributed by atoms with van der Waals surface area (Å²) in [5.74, 6) is 0.889. The predicted molar refractivity (Wildman–Crippen MR) is 125 cm³/mol. The molecule has 1 N–H and O–H groups in total. The van der Waals surface area contributed by atoms with Gasteiger partial charge in [-0.15, -0.1) is 11.3 Å². The summed E-state index contributed by atoms with van der Waals surface area (Å²) in [6, 6.07) is 8.72. The van der Waals surface area contributed by atoms with Gasteiger partial charge in [0.05, 0.1) is 22.3 Å². The first-order valence-electron chi connectivity index (χ1n) is 10.7. The van der Waals surface area contributed by atoms with E-state index in [1.54, 1.807) is 44.2 Å². The lowest BCUT2D eigenvalue weighted by Crippen LogP contribution is -2.43. The summed E-state index contributed by atoms with van der Waals surface area (Å²) in [6.07, 6.45) is 1.24. The first-order valence-corrected chi connectivity index (χ1v) is 13.0. The molecule has 4 rings (SSSR count). The fourth-order valence-corrected chi connectivity index (χ4v) is 6.80. The zero-order chi connectivity index (χ0) is 23.6. The lowest BCUT2D eigenvalue weighted by molar-refractivity contribution is -0.120. The Morgan fingerprint density at radius 3 is 2.73 bits per heavy atom. The molecule has 0 radical (unpaired) electrons. The summed E-state index contributed by atoms with van der Waals surface area (Å²) in [7, 11) is -3.76. The lowest BCUT2D eigenvalue weighted by Gasteiger charge is -2.31. The van der Waals surface area contributed by atoms with Gasteiger partial charge in [-0.3, -0.25) is 4.79 Å². The Balaban J connectivity index is 1.47. The molecule has 0 aliphatic carbocycles. The van der Waals surface area contributed by atoms with Crippen molar-refractivity contribution >= 4 is 33.0 Å². The lowest BCUT2D eigenvalue weighted by atomic mass is 9.99. The van der Waals surface area contributed by atoms with Crippen LogP contribution in [0.2, 0.25) is 0 Å². The normalized spacial score (nSPS) is 17.1. The molecule has 9 nitrogen and oxygen atoms in total. The van der Waals surface area contributed by atoms with Gasteiger partial charge in [-0.2, -0.15) is 9.29 Å². The third-order valence-electron chi connectivity index (χ3n) is 5.43. The first kappa shape index (κ1) is 23.4. The second-order valence-corrected chi connectivity index (χ2v) is 11.0. The van der Waals surface area contributed by atoms with E-state index in [1.807, 2.05) is 6.92 Å². The van der Waals surface area contributed by atoms with Crippen molar-refractivity contribution in [1.82, 2.24) is 14.4 Å². The van der Waals surface area contributed by atoms with E-state index in [2.05, 4.69) is 15.5 Å². The van der Waals surface area contributed by atoms with Crippen molar-refractivity contribution in [2.75, 3.05) is 25.0 Å². The van der Waals surface area contributed by atoms with Gasteiger partial charge in [0.25, 0.3) is 0 Å². The number of aromatic nitrogens is 2. The number of carbonyl (C=O) groups excluding carboxylic acids is 1. The second-order valence-electron chi connectivity index (χ2n) is 7.82. The number of aryl methyl sites for hydroxylation is 2. The number of hydrogen-bond acceptors (Lipinski definition) is 8. The van der Waals surface area contributed by atoms with Crippen LogP contribution in [-0.2, 0) is 14.8 Å². The Kier molecular flexibility index (Phi) is 6.82. The highest BCUT2D eigenvalue weighted by molar-refractivity contribution is 7.89. The van der Waals surface area contributed by atoms with Crippen molar-refractivity contribution in [1.29, 1.82) is 0 Å². The van der Waals surface area contributed by atoms with Crippen LogP contribution >= 0.6 is 11.3 Å². The molecule has 2 aromatic heterocycles. The number of amides is 1. The van der Waals surface area contributed by atoms with Crippen molar-refractivity contribution in [3.8, 4) is 16.5 Å². The van der Waals surface area contributed by atoms with Crippen LogP contribution in [0.1, 0.15) is 30.5 Å². The van der Waals surface area contributed by atoms with Crippen LogP contribution in [0.4, 0.5) is 5.69 Å². The van der Waals surface area contributed by atoms with E-state index in [0.717, 1.165) is 5.75 Å². The average molecular weight is 491 g/mol. The molecule has 1 aromatic carbocycles. The van der Waals surface area contributed by atoms with Crippen molar-refractivity contribution in [2.45, 2.75) is 38.5 Å². The molecule has 11 heteroatoms. The van der Waals surface area contributed by atoms with Crippen molar-refractivity contribution in [2.24, 2.45) is 5.92 Å². The van der Waals surface area contributed by atoms with E-state index in [-0.39, 0.29) is 17.3 Å². The minimum Gasteiger partial charge on any atom is -0.494 e. The number of benzene rings is 1. The highest BCUT2D eigenvalue weighted by Gasteiger charge is 2.35. The van der Waals surface area contributed by atoms with Gasteiger partial charge in [-0.1, -0.05) is 5.16 Å². The number of ether oxygens (including phenoxy) is 1. The maximum absolute atomic E-state index is 13.4. The number of hydrogen-bond donors (Lipinski definition) is 1. The summed E-state index contributed by atoms with van der Waals surface area (Å²) >= 11 is 1.30. The molecule has 3 heterocycles. The number of rotatable bonds is 7. The molecule has 1 aliphatic heterocycles. The van der Waals surface area contributed by atoms with Crippen LogP contribution in [0.5, 0.6) is 5.75 Å². The molecule has 1 aliphatic rings. The largest absolute Gasteiger partial charge is 0.494 e. The van der Waals surface area contributed by atoms with Crippen molar-refractivity contribution in [3.63, 3.8) is 0 Å². The van der Waals surface area contributed by atoms with E-state index in [1.165, 1.54) is 15.6 Å². The number of nitrogens with zero attached hydrogens (tertiary/aromatic N) is 3. The summed E-state index contributed by atoms with van der Waals surface area (Å²) in [5, 5.41) is 6.77. The summed E-state index contributed by atoms with van der Waals surface area (Å²) in [6.45, 7) is 6.42.